The van der Waals surface area contributed by atoms with Gasteiger partial charge in [0.15, 0.2) is 14.1 Å². The molecule has 0 amide bonds. The Morgan fingerprint density at radius 3 is 1.85 bits per heavy atom. The van der Waals surface area contributed by atoms with Gasteiger partial charge in [-0.2, -0.15) is 0 Å². The van der Waals surface area contributed by atoms with E-state index in [1.165, 1.54) is 10.4 Å². The van der Waals surface area contributed by atoms with E-state index in [0.717, 1.165) is 0 Å². The first kappa shape index (κ1) is 43.8. The Morgan fingerprint density at radius 2 is 1.35 bits per heavy atom. The third-order valence-corrected chi connectivity index (χ3v) is 20.2. The lowest BCUT2D eigenvalue weighted by atomic mass is 10.0. The zero-order chi connectivity index (χ0) is 39.8. The molecule has 3 aromatic rings. The highest BCUT2D eigenvalue weighted by Crippen LogP contribution is 2.40. The van der Waals surface area contributed by atoms with Gasteiger partial charge < -0.3 is 32.5 Å². The van der Waals surface area contributed by atoms with Crippen molar-refractivity contribution >= 4 is 33.0 Å². The second kappa shape index (κ2) is 18.3. The number of carbonyl (C=O) groups is 1. The normalized spacial score (nSPS) is 19.8. The molecule has 4 rings (SSSR count). The summed E-state index contributed by atoms with van der Waals surface area (Å²) in [5, 5.41) is 2.16. The molecule has 0 N–H and O–H groups in total. The van der Waals surface area contributed by atoms with E-state index in [9.17, 15) is 4.79 Å². The Labute approximate surface area is 326 Å². The van der Waals surface area contributed by atoms with E-state index in [-0.39, 0.29) is 16.9 Å². The molecule has 1 saturated heterocycles. The Bertz CT molecular complexity index is 1580. The molecular formula is C44H64O8Si2. The zero-order valence-electron chi connectivity index (χ0n) is 34.6. The van der Waals surface area contributed by atoms with Gasteiger partial charge >= 0.3 is 5.97 Å². The van der Waals surface area contributed by atoms with Crippen LogP contribution in [0.25, 0.3) is 0 Å². The molecule has 10 heteroatoms. The van der Waals surface area contributed by atoms with Crippen LogP contribution in [0.1, 0.15) is 79.1 Å². The molecule has 0 aliphatic carbocycles. The minimum atomic E-state index is -2.94. The minimum Gasteiger partial charge on any atom is -0.452 e. The monoisotopic (exact) mass is 776 g/mol. The summed E-state index contributed by atoms with van der Waals surface area (Å²) in [4.78, 5) is 13.7. The predicted molar refractivity (Wildman–Crippen MR) is 221 cm³/mol. The molecule has 0 radical (unpaired) electrons. The number of rotatable bonds is 17. The van der Waals surface area contributed by atoms with Crippen molar-refractivity contribution in [2.24, 2.45) is 0 Å². The lowest BCUT2D eigenvalue weighted by molar-refractivity contribution is -0.153. The number of hydrogen-bond donors (Lipinski definition) is 0. The second-order valence-corrected chi connectivity index (χ2v) is 26.2. The van der Waals surface area contributed by atoms with E-state index in [0.29, 0.717) is 18.6 Å². The van der Waals surface area contributed by atoms with Gasteiger partial charge in [0, 0.05) is 13.7 Å². The lowest BCUT2D eigenvalue weighted by Gasteiger charge is -2.45. The van der Waals surface area contributed by atoms with Crippen LogP contribution in [0.2, 0.25) is 23.2 Å². The van der Waals surface area contributed by atoms with Crippen molar-refractivity contribution in [3.8, 4) is 0 Å². The molecule has 1 heterocycles. The molecule has 0 aromatic heterocycles. The van der Waals surface area contributed by atoms with Gasteiger partial charge in [0.25, 0.3) is 8.32 Å². The molecule has 8 nitrogen and oxygen atoms in total. The maximum absolute atomic E-state index is 13.7. The summed E-state index contributed by atoms with van der Waals surface area (Å²) in [6.07, 6.45) is 1.54. The van der Waals surface area contributed by atoms with Crippen molar-refractivity contribution in [1.29, 1.82) is 0 Å². The minimum absolute atomic E-state index is 0.0431. The number of benzene rings is 3. The van der Waals surface area contributed by atoms with Gasteiger partial charge in [0.05, 0.1) is 17.8 Å². The van der Waals surface area contributed by atoms with Gasteiger partial charge in [-0.25, -0.2) is 4.79 Å². The summed E-state index contributed by atoms with van der Waals surface area (Å²) in [5.74, 6) is -1.36. The van der Waals surface area contributed by atoms with Crippen LogP contribution in [0.15, 0.2) is 103 Å². The summed E-state index contributed by atoms with van der Waals surface area (Å²) >= 11 is 0. The van der Waals surface area contributed by atoms with Crippen molar-refractivity contribution in [3.05, 3.63) is 109 Å². The number of hydrogen-bond acceptors (Lipinski definition) is 8. The smallest absolute Gasteiger partial charge is 0.338 e. The van der Waals surface area contributed by atoms with Gasteiger partial charge in [-0.3, -0.25) is 0 Å². The molecular weight excluding hydrogens is 713 g/mol. The van der Waals surface area contributed by atoms with Crippen molar-refractivity contribution < 1.29 is 37.3 Å². The van der Waals surface area contributed by atoms with E-state index in [2.05, 4.69) is 103 Å². The Morgan fingerprint density at radius 1 is 0.815 bits per heavy atom. The average Bonchev–Trinajstić information content (AvgIpc) is 3.43. The molecule has 1 aliphatic rings. The molecule has 0 spiro atoms. The molecule has 0 saturated carbocycles. The number of methoxy groups -OCH3 is 1. The topological polar surface area (TPSA) is 81.7 Å². The summed E-state index contributed by atoms with van der Waals surface area (Å²) < 4.78 is 45.1. The van der Waals surface area contributed by atoms with Crippen LogP contribution >= 0.6 is 0 Å². The molecule has 1 unspecified atom stereocenters. The van der Waals surface area contributed by atoms with Crippen LogP contribution in [0, 0.1) is 0 Å². The van der Waals surface area contributed by atoms with E-state index in [1.54, 1.807) is 19.2 Å². The maximum atomic E-state index is 13.7. The van der Waals surface area contributed by atoms with Crippen molar-refractivity contribution in [1.82, 2.24) is 0 Å². The zero-order valence-corrected chi connectivity index (χ0v) is 36.6. The van der Waals surface area contributed by atoms with Crippen LogP contribution in [0.4, 0.5) is 0 Å². The third-order valence-electron chi connectivity index (χ3n) is 10.6. The highest BCUT2D eigenvalue weighted by molar-refractivity contribution is 6.99. The number of ether oxygens (including phenoxy) is 5. The van der Waals surface area contributed by atoms with Gasteiger partial charge in [0.2, 0.25) is 0 Å². The predicted octanol–water partition coefficient (Wildman–Crippen LogP) is 8.65. The molecule has 296 valence electrons. The van der Waals surface area contributed by atoms with Gasteiger partial charge in [0.1, 0.15) is 25.1 Å². The highest BCUT2D eigenvalue weighted by Gasteiger charge is 2.52. The van der Waals surface area contributed by atoms with Crippen molar-refractivity contribution in [3.63, 3.8) is 0 Å². The van der Waals surface area contributed by atoms with E-state index < -0.39 is 58.9 Å². The van der Waals surface area contributed by atoms with Crippen molar-refractivity contribution in [2.75, 3.05) is 20.5 Å². The van der Waals surface area contributed by atoms with Gasteiger partial charge in [-0.1, -0.05) is 126 Å². The average molecular weight is 777 g/mol. The fraction of sp³-hybridized carbons (Fsp3) is 0.523. The standard InChI is InChI=1S/C44H64O8Si2/c1-33(52-54(43(5,6)7,35-24-18-14-19-25-35)36-26-20-15-21-27-36)37(47-32-46-10)28-29-38(49-41(45)34-22-16-13-17-23-34)40-39(50-44(8,9)51-40)30-31-48-53(11,12)42(2,3)4/h13-29,33,37-40H,30-32H2,1-12H3/t33-,37+,38?,39-,40+/m0/s1. The molecule has 1 fully saturated rings. The van der Waals surface area contributed by atoms with Crippen molar-refractivity contribution in [2.45, 2.75) is 128 Å². The Hall–Kier alpha value is -2.94. The first-order valence-corrected chi connectivity index (χ1v) is 24.0. The maximum Gasteiger partial charge on any atom is 0.338 e. The van der Waals surface area contributed by atoms with E-state index >= 15 is 0 Å². The first-order valence-electron chi connectivity index (χ1n) is 19.1. The summed E-state index contributed by atoms with van der Waals surface area (Å²) in [5.41, 5.74) is 0.447. The molecule has 1 aliphatic heterocycles. The van der Waals surface area contributed by atoms with Gasteiger partial charge in [-0.15, -0.1) is 0 Å². The summed E-state index contributed by atoms with van der Waals surface area (Å²) in [7, 11) is -3.34. The highest BCUT2D eigenvalue weighted by atomic mass is 28.4. The van der Waals surface area contributed by atoms with E-state index in [4.69, 9.17) is 32.5 Å². The van der Waals surface area contributed by atoms with Crippen LogP contribution in [-0.4, -0.2) is 79.4 Å². The third kappa shape index (κ3) is 10.9. The quantitative estimate of drug-likeness (QED) is 0.0584. The van der Waals surface area contributed by atoms with Crippen LogP contribution in [0.5, 0.6) is 0 Å². The SMILES string of the molecule is COCO[C@H](C=CC(OC(=O)c1ccccc1)[C@H]1OC(C)(C)O[C@H]1CCO[Si](C)(C)C(C)(C)C)[C@H](C)O[Si](c1ccccc1)(c1ccccc1)C(C)(C)C. The number of esters is 1. The Kier molecular flexibility index (Phi) is 14.9. The number of carbonyl (C=O) groups excluding carboxylic acids is 1. The molecule has 0 bridgehead atoms. The largest absolute Gasteiger partial charge is 0.452 e. The Balaban J connectivity index is 1.72. The fourth-order valence-electron chi connectivity index (χ4n) is 6.74. The fourth-order valence-corrected chi connectivity index (χ4v) is 12.5. The van der Waals surface area contributed by atoms with Crippen LogP contribution in [-0.2, 0) is 32.5 Å². The van der Waals surface area contributed by atoms with Crippen LogP contribution < -0.4 is 10.4 Å². The molecule has 3 aromatic carbocycles. The lowest BCUT2D eigenvalue weighted by Crippen LogP contribution is -2.68. The summed E-state index contributed by atoms with van der Waals surface area (Å²) in [6, 6.07) is 30.0. The molecule has 5 atom stereocenters. The second-order valence-electron chi connectivity index (χ2n) is 17.2. The molecule has 54 heavy (non-hydrogen) atoms. The van der Waals surface area contributed by atoms with Crippen LogP contribution in [0.3, 0.4) is 0 Å². The summed E-state index contributed by atoms with van der Waals surface area (Å²) in [6.45, 7) is 24.3. The van der Waals surface area contributed by atoms with Gasteiger partial charge in [-0.05, 0) is 78.9 Å². The first-order chi connectivity index (χ1) is 25.3. The van der Waals surface area contributed by atoms with E-state index in [1.807, 2.05) is 63.3 Å².